The summed E-state index contributed by atoms with van der Waals surface area (Å²) in [4.78, 5) is 40.8. The molecule has 0 aromatic heterocycles. The van der Waals surface area contributed by atoms with Crippen molar-refractivity contribution >= 4 is 17.9 Å². The zero-order chi connectivity index (χ0) is 43.8. The van der Waals surface area contributed by atoms with E-state index in [4.69, 9.17) is 14.2 Å². The molecule has 60 heavy (non-hydrogen) atoms. The highest BCUT2D eigenvalue weighted by atomic mass is 16.5. The number of nitrogens with zero attached hydrogens (tertiary/aromatic N) is 2. The van der Waals surface area contributed by atoms with E-state index in [2.05, 4.69) is 48.8 Å². The summed E-state index contributed by atoms with van der Waals surface area (Å²) in [5, 5.41) is 9.76. The normalized spacial score (nSPS) is 11.8. The van der Waals surface area contributed by atoms with Gasteiger partial charge in [0.1, 0.15) is 19.8 Å². The predicted molar refractivity (Wildman–Crippen MR) is 251 cm³/mol. The third-order valence-electron chi connectivity index (χ3n) is 10.8. The molecule has 348 valence electrons. The molecule has 1 N–H and O–H groups in total. The number of hydrogen-bond acceptors (Lipinski definition) is 9. The molecule has 0 aromatic rings. The first kappa shape index (κ1) is 57.3. The van der Waals surface area contributed by atoms with Crippen LogP contribution < -0.4 is 0 Å². The summed E-state index contributed by atoms with van der Waals surface area (Å²) >= 11 is 0. The summed E-state index contributed by atoms with van der Waals surface area (Å²) < 4.78 is 16.5. The largest absolute Gasteiger partial charge is 0.482 e. The van der Waals surface area contributed by atoms with Crippen molar-refractivity contribution in [2.24, 2.45) is 0 Å². The lowest BCUT2D eigenvalue weighted by atomic mass is 10.1. The van der Waals surface area contributed by atoms with Crippen molar-refractivity contribution in [3.05, 3.63) is 42.2 Å². The Labute approximate surface area is 368 Å². The standard InChI is InChI=1S/C51H92N2O7/c1-4-7-10-13-16-19-31-45-58-49(48-55)35-25-22-28-40-53(43-44-54)42-34-41-52(38-29-23-26-36-50(56)59-46-32-20-17-14-11-8-5-2)39-30-24-27-37-51(57)60-47-33-21-18-15-12-9-6-3/h19-21,31-33,54H,4-18,22-30,34-47H2,1-3H3/b31-19-,32-20-,33-21-. The van der Waals surface area contributed by atoms with Crippen molar-refractivity contribution in [2.75, 3.05) is 65.7 Å². The van der Waals surface area contributed by atoms with Gasteiger partial charge in [0.25, 0.3) is 0 Å². The molecule has 0 rings (SSSR count). The van der Waals surface area contributed by atoms with Crippen molar-refractivity contribution in [3.63, 3.8) is 0 Å². The second-order valence-electron chi connectivity index (χ2n) is 16.4. The molecular formula is C51H92N2O7. The summed E-state index contributed by atoms with van der Waals surface area (Å²) in [5.41, 5.74) is 0. The molecular weight excluding hydrogens is 753 g/mol. The lowest BCUT2D eigenvalue weighted by Crippen LogP contribution is -2.33. The van der Waals surface area contributed by atoms with Gasteiger partial charge in [-0.1, -0.05) is 134 Å². The van der Waals surface area contributed by atoms with Crippen LogP contribution >= 0.6 is 0 Å². The minimum absolute atomic E-state index is 0.117. The smallest absolute Gasteiger partial charge is 0.306 e. The van der Waals surface area contributed by atoms with Crippen molar-refractivity contribution in [1.82, 2.24) is 9.80 Å². The molecule has 0 aromatic carbocycles. The molecule has 0 atom stereocenters. The number of unbranched alkanes of at least 4 members (excludes halogenated alkanes) is 18. The zero-order valence-electron chi connectivity index (χ0n) is 39.1. The van der Waals surface area contributed by atoms with Gasteiger partial charge in [-0.15, -0.1) is 0 Å². The number of ether oxygens (including phenoxy) is 3. The van der Waals surface area contributed by atoms with Crippen LogP contribution in [0.1, 0.15) is 201 Å². The Morgan fingerprint density at radius 1 is 0.433 bits per heavy atom. The van der Waals surface area contributed by atoms with E-state index in [0.29, 0.717) is 51.4 Å². The Morgan fingerprint density at radius 2 is 0.800 bits per heavy atom. The van der Waals surface area contributed by atoms with E-state index in [0.717, 1.165) is 116 Å². The van der Waals surface area contributed by atoms with E-state index in [1.807, 2.05) is 24.2 Å². The van der Waals surface area contributed by atoms with Crippen LogP contribution in [-0.2, 0) is 28.6 Å². The lowest BCUT2D eigenvalue weighted by Gasteiger charge is -2.25. The van der Waals surface area contributed by atoms with Crippen LogP contribution in [0.4, 0.5) is 0 Å². The number of rotatable bonds is 46. The molecule has 0 aliphatic carbocycles. The monoisotopic (exact) mass is 845 g/mol. The summed E-state index contributed by atoms with van der Waals surface area (Å²) in [7, 11) is 0. The Morgan fingerprint density at radius 3 is 1.20 bits per heavy atom. The van der Waals surface area contributed by atoms with Crippen LogP contribution in [0.2, 0.25) is 0 Å². The number of carbonyl (C=O) groups excluding carboxylic acids is 3. The van der Waals surface area contributed by atoms with Gasteiger partial charge in [-0.05, 0) is 116 Å². The van der Waals surface area contributed by atoms with Gasteiger partial charge in [-0.3, -0.25) is 9.59 Å². The first-order chi connectivity index (χ1) is 29.5. The fraction of sp³-hybridized carbons (Fsp3) is 0.804. The van der Waals surface area contributed by atoms with Crippen LogP contribution in [-0.4, -0.2) is 98.5 Å². The molecule has 0 amide bonds. The van der Waals surface area contributed by atoms with Crippen molar-refractivity contribution in [2.45, 2.75) is 201 Å². The van der Waals surface area contributed by atoms with Crippen LogP contribution in [0.3, 0.4) is 0 Å². The highest BCUT2D eigenvalue weighted by Gasteiger charge is 2.10. The average molecular weight is 845 g/mol. The molecule has 0 aliphatic heterocycles. The molecule has 0 saturated carbocycles. The number of esters is 2. The summed E-state index contributed by atoms with van der Waals surface area (Å²) in [6.45, 7) is 13.4. The Balaban J connectivity index is 4.65. The van der Waals surface area contributed by atoms with Gasteiger partial charge in [0.05, 0.1) is 6.61 Å². The minimum atomic E-state index is -0.117. The Kier molecular flexibility index (Phi) is 45.2. The van der Waals surface area contributed by atoms with Gasteiger partial charge in [0.2, 0.25) is 0 Å². The van der Waals surface area contributed by atoms with E-state index < -0.39 is 0 Å². The predicted octanol–water partition coefficient (Wildman–Crippen LogP) is 12.1. The number of hydrogen-bond donors (Lipinski definition) is 1. The van der Waals surface area contributed by atoms with Crippen molar-refractivity contribution in [3.8, 4) is 0 Å². The maximum absolute atomic E-state index is 12.3. The van der Waals surface area contributed by atoms with Gasteiger partial charge >= 0.3 is 11.9 Å². The molecule has 0 fully saturated rings. The Hall–Kier alpha value is -2.71. The molecule has 0 unspecified atom stereocenters. The third-order valence-corrected chi connectivity index (χ3v) is 10.8. The summed E-state index contributed by atoms with van der Waals surface area (Å²) in [5.74, 6) is 2.16. The van der Waals surface area contributed by atoms with Crippen LogP contribution in [0.5, 0.6) is 0 Å². The first-order valence-electron chi connectivity index (χ1n) is 24.7. The molecule has 0 bridgehead atoms. The average Bonchev–Trinajstić information content (AvgIpc) is 3.25. The molecule has 9 nitrogen and oxygen atoms in total. The van der Waals surface area contributed by atoms with Gasteiger partial charge in [-0.2, -0.15) is 0 Å². The second kappa shape index (κ2) is 47.3. The Bertz CT molecular complexity index is 1050. The fourth-order valence-corrected chi connectivity index (χ4v) is 7.04. The van der Waals surface area contributed by atoms with Crippen LogP contribution in [0.25, 0.3) is 0 Å². The van der Waals surface area contributed by atoms with Gasteiger partial charge in [0.15, 0.2) is 11.7 Å². The maximum Gasteiger partial charge on any atom is 0.306 e. The molecule has 9 heteroatoms. The fourth-order valence-electron chi connectivity index (χ4n) is 7.04. The number of aliphatic hydroxyl groups excluding tert-OH is 1. The summed E-state index contributed by atoms with van der Waals surface area (Å²) in [6.07, 6.45) is 41.5. The number of allylic oxidation sites excluding steroid dienone is 4. The van der Waals surface area contributed by atoms with Gasteiger partial charge < -0.3 is 29.1 Å². The molecule has 0 spiro atoms. The SMILES string of the molecule is CCCCCC/C=C\COC(=O)CCCCCN(CCCCCC(=O)OC/C=C\CCCCCC)CCCN(CCO)CCCCCC(=C=O)OC/C=C\CCCCCC. The molecule has 0 radical (unpaired) electrons. The number of carbonyl (C=O) groups is 2. The van der Waals surface area contributed by atoms with E-state index in [9.17, 15) is 19.5 Å². The second-order valence-corrected chi connectivity index (χ2v) is 16.4. The van der Waals surface area contributed by atoms with E-state index in [1.54, 1.807) is 0 Å². The van der Waals surface area contributed by atoms with Gasteiger partial charge in [-0.25, -0.2) is 4.79 Å². The van der Waals surface area contributed by atoms with E-state index in [-0.39, 0.29) is 18.5 Å². The van der Waals surface area contributed by atoms with Crippen LogP contribution in [0.15, 0.2) is 42.2 Å². The highest BCUT2D eigenvalue weighted by molar-refractivity contribution is 5.69. The quantitative estimate of drug-likeness (QED) is 0.0211. The molecule has 0 heterocycles. The van der Waals surface area contributed by atoms with Crippen molar-refractivity contribution < 1.29 is 33.7 Å². The minimum Gasteiger partial charge on any atom is -0.482 e. The topological polar surface area (TPSA) is 106 Å². The first-order valence-corrected chi connectivity index (χ1v) is 24.7. The van der Waals surface area contributed by atoms with Gasteiger partial charge in [0, 0.05) is 25.8 Å². The zero-order valence-corrected chi connectivity index (χ0v) is 39.1. The lowest BCUT2D eigenvalue weighted by molar-refractivity contribution is -0.143. The molecule has 0 saturated heterocycles. The van der Waals surface area contributed by atoms with Crippen LogP contribution in [0, 0.1) is 0 Å². The van der Waals surface area contributed by atoms with E-state index >= 15 is 0 Å². The van der Waals surface area contributed by atoms with Crippen molar-refractivity contribution in [1.29, 1.82) is 0 Å². The maximum atomic E-state index is 12.3. The third kappa shape index (κ3) is 42.0. The summed E-state index contributed by atoms with van der Waals surface area (Å²) in [6, 6.07) is 0. The highest BCUT2D eigenvalue weighted by Crippen LogP contribution is 2.12. The number of aliphatic hydroxyl groups is 1. The van der Waals surface area contributed by atoms with E-state index in [1.165, 1.54) is 77.0 Å². The molecule has 0 aliphatic rings.